The molecule has 3 nitrogen and oxygen atoms in total. The van der Waals surface area contributed by atoms with Crippen LogP contribution in [0.25, 0.3) is 0 Å². The molecule has 0 aliphatic carbocycles. The van der Waals surface area contributed by atoms with Gasteiger partial charge >= 0.3 is 0 Å². The zero-order valence-electron chi connectivity index (χ0n) is 12.1. The molecule has 1 N–H and O–H groups in total. The Morgan fingerprint density at radius 1 is 1.23 bits per heavy atom. The molecule has 0 fully saturated rings. The molecule has 1 heterocycles. The fraction of sp³-hybridized carbons (Fsp3) is 0.235. The number of hydrogen-bond acceptors (Lipinski definition) is 2. The third-order valence-corrected chi connectivity index (χ3v) is 3.87. The van der Waals surface area contributed by atoms with Gasteiger partial charge in [-0.25, -0.2) is 8.78 Å². The highest BCUT2D eigenvalue weighted by molar-refractivity contribution is 5.94. The smallest absolute Gasteiger partial charge is 0.243 e. The Labute approximate surface area is 127 Å². The third kappa shape index (κ3) is 2.79. The second-order valence-electron chi connectivity index (χ2n) is 5.49. The van der Waals surface area contributed by atoms with Crippen LogP contribution >= 0.6 is 0 Å². The van der Waals surface area contributed by atoms with Gasteiger partial charge in [0.05, 0.1) is 6.54 Å². The van der Waals surface area contributed by atoms with E-state index in [-0.39, 0.29) is 24.2 Å². The summed E-state index contributed by atoms with van der Waals surface area (Å²) in [6.07, 6.45) is 0.897. The quantitative estimate of drug-likeness (QED) is 0.943. The molecule has 0 spiro atoms. The van der Waals surface area contributed by atoms with Gasteiger partial charge in [0.15, 0.2) is 11.6 Å². The van der Waals surface area contributed by atoms with Gasteiger partial charge in [-0.05, 0) is 37.1 Å². The van der Waals surface area contributed by atoms with Crippen molar-refractivity contribution in [3.63, 3.8) is 0 Å². The van der Waals surface area contributed by atoms with E-state index < -0.39 is 11.6 Å². The number of anilines is 2. The van der Waals surface area contributed by atoms with Crippen molar-refractivity contribution in [2.75, 3.05) is 16.8 Å². The molecule has 0 radical (unpaired) electrons. The highest BCUT2D eigenvalue weighted by Gasteiger charge is 2.27. The predicted molar refractivity (Wildman–Crippen MR) is 81.9 cm³/mol. The van der Waals surface area contributed by atoms with E-state index in [2.05, 4.69) is 18.3 Å². The summed E-state index contributed by atoms with van der Waals surface area (Å²) in [5.41, 5.74) is 2.52. The molecular formula is C17H16F2N2O. The zero-order chi connectivity index (χ0) is 15.7. The Bertz CT molecular complexity index is 718. The van der Waals surface area contributed by atoms with Gasteiger partial charge in [-0.1, -0.05) is 18.2 Å². The van der Waals surface area contributed by atoms with Crippen LogP contribution in [-0.2, 0) is 11.2 Å². The van der Waals surface area contributed by atoms with Crippen LogP contribution in [0.15, 0.2) is 42.5 Å². The van der Waals surface area contributed by atoms with Crippen molar-refractivity contribution in [2.45, 2.75) is 19.4 Å². The molecule has 0 bridgehead atoms. The summed E-state index contributed by atoms with van der Waals surface area (Å²) >= 11 is 0. The second-order valence-corrected chi connectivity index (χ2v) is 5.49. The summed E-state index contributed by atoms with van der Waals surface area (Å²) in [4.78, 5) is 14.2. The summed E-state index contributed by atoms with van der Waals surface area (Å²) in [6, 6.07) is 11.5. The number of hydrogen-bond donors (Lipinski definition) is 1. The molecule has 0 unspecified atom stereocenters. The summed E-state index contributed by atoms with van der Waals surface area (Å²) in [7, 11) is 0. The first-order valence-electron chi connectivity index (χ1n) is 7.14. The normalized spacial score (nSPS) is 16.5. The van der Waals surface area contributed by atoms with Gasteiger partial charge in [-0.3, -0.25) is 4.79 Å². The molecule has 0 aromatic heterocycles. The molecular weight excluding hydrogens is 286 g/mol. The molecule has 114 valence electrons. The lowest BCUT2D eigenvalue weighted by Gasteiger charge is -2.24. The predicted octanol–water partition coefficient (Wildman–Crippen LogP) is 3.35. The lowest BCUT2D eigenvalue weighted by Crippen LogP contribution is -2.37. The van der Waals surface area contributed by atoms with E-state index in [4.69, 9.17) is 0 Å². The van der Waals surface area contributed by atoms with E-state index in [0.717, 1.165) is 24.2 Å². The topological polar surface area (TPSA) is 32.3 Å². The standard InChI is InChI=1S/C17H16F2N2O/c1-11-8-12-4-2-3-5-16(12)21(11)10-17(22)20-13-6-7-14(18)15(19)9-13/h2-7,9,11H,8,10H2,1H3,(H,20,22)/t11-/m1/s1. The van der Waals surface area contributed by atoms with Crippen LogP contribution in [0.2, 0.25) is 0 Å². The molecule has 3 rings (SSSR count). The number of carbonyl (C=O) groups is 1. The van der Waals surface area contributed by atoms with E-state index in [1.54, 1.807) is 0 Å². The number of carbonyl (C=O) groups excluding carboxylic acids is 1. The molecule has 1 aliphatic rings. The molecule has 5 heteroatoms. The summed E-state index contributed by atoms with van der Waals surface area (Å²) in [5.74, 6) is -2.16. The van der Waals surface area contributed by atoms with Crippen LogP contribution in [0.5, 0.6) is 0 Å². The maximum Gasteiger partial charge on any atom is 0.243 e. The fourth-order valence-electron chi connectivity index (χ4n) is 2.80. The van der Waals surface area contributed by atoms with Gasteiger partial charge in [-0.15, -0.1) is 0 Å². The molecule has 2 aromatic carbocycles. The van der Waals surface area contributed by atoms with Crippen molar-refractivity contribution in [1.29, 1.82) is 0 Å². The lowest BCUT2D eigenvalue weighted by molar-refractivity contribution is -0.115. The van der Waals surface area contributed by atoms with Crippen molar-refractivity contribution < 1.29 is 13.6 Å². The number of amides is 1. The largest absolute Gasteiger partial charge is 0.359 e. The molecule has 2 aromatic rings. The van der Waals surface area contributed by atoms with Crippen LogP contribution in [0, 0.1) is 11.6 Å². The molecule has 0 saturated carbocycles. The molecule has 1 atom stereocenters. The zero-order valence-corrected chi connectivity index (χ0v) is 12.1. The average molecular weight is 302 g/mol. The number of benzene rings is 2. The number of fused-ring (bicyclic) bond motifs is 1. The van der Waals surface area contributed by atoms with E-state index in [9.17, 15) is 13.6 Å². The lowest BCUT2D eigenvalue weighted by atomic mass is 10.1. The van der Waals surface area contributed by atoms with Crippen LogP contribution in [0.1, 0.15) is 12.5 Å². The van der Waals surface area contributed by atoms with Crippen LogP contribution in [-0.4, -0.2) is 18.5 Å². The first-order valence-corrected chi connectivity index (χ1v) is 7.14. The van der Waals surface area contributed by atoms with Crippen LogP contribution < -0.4 is 10.2 Å². The van der Waals surface area contributed by atoms with Crippen molar-refractivity contribution in [1.82, 2.24) is 0 Å². The highest BCUT2D eigenvalue weighted by atomic mass is 19.2. The monoisotopic (exact) mass is 302 g/mol. The van der Waals surface area contributed by atoms with Gasteiger partial charge in [0.2, 0.25) is 5.91 Å². The molecule has 1 aliphatic heterocycles. The summed E-state index contributed by atoms with van der Waals surface area (Å²) in [6.45, 7) is 2.24. The van der Waals surface area contributed by atoms with E-state index in [1.165, 1.54) is 11.6 Å². The average Bonchev–Trinajstić information content (AvgIpc) is 2.79. The van der Waals surface area contributed by atoms with Gasteiger partial charge in [0, 0.05) is 23.5 Å². The Morgan fingerprint density at radius 2 is 2.00 bits per heavy atom. The third-order valence-electron chi connectivity index (χ3n) is 3.87. The van der Waals surface area contributed by atoms with Crippen molar-refractivity contribution >= 4 is 17.3 Å². The minimum absolute atomic E-state index is 0.178. The molecule has 1 amide bonds. The number of halogens is 2. The van der Waals surface area contributed by atoms with Crippen molar-refractivity contribution in [2.24, 2.45) is 0 Å². The highest BCUT2D eigenvalue weighted by Crippen LogP contribution is 2.31. The van der Waals surface area contributed by atoms with Crippen molar-refractivity contribution in [3.05, 3.63) is 59.7 Å². The van der Waals surface area contributed by atoms with E-state index in [1.807, 2.05) is 23.1 Å². The van der Waals surface area contributed by atoms with Crippen LogP contribution in [0.3, 0.4) is 0 Å². The van der Waals surface area contributed by atoms with Gasteiger partial charge < -0.3 is 10.2 Å². The summed E-state index contributed by atoms with van der Waals surface area (Å²) in [5, 5.41) is 2.60. The Hall–Kier alpha value is -2.43. The SMILES string of the molecule is C[C@@H]1Cc2ccccc2N1CC(=O)Nc1ccc(F)c(F)c1. The van der Waals surface area contributed by atoms with Gasteiger partial charge in [-0.2, -0.15) is 0 Å². The second kappa shape index (κ2) is 5.75. The minimum atomic E-state index is -0.974. The maximum atomic E-state index is 13.2. The number of nitrogens with zero attached hydrogens (tertiary/aromatic N) is 1. The molecule has 0 saturated heterocycles. The number of rotatable bonds is 3. The van der Waals surface area contributed by atoms with Gasteiger partial charge in [0.1, 0.15) is 0 Å². The minimum Gasteiger partial charge on any atom is -0.359 e. The Morgan fingerprint density at radius 3 is 2.77 bits per heavy atom. The first-order chi connectivity index (χ1) is 10.5. The molecule has 22 heavy (non-hydrogen) atoms. The maximum absolute atomic E-state index is 13.2. The first kappa shape index (κ1) is 14.5. The summed E-state index contributed by atoms with van der Waals surface area (Å²) < 4.78 is 26.0. The number of nitrogens with one attached hydrogen (secondary N) is 1. The van der Waals surface area contributed by atoms with Gasteiger partial charge in [0.25, 0.3) is 0 Å². The fourth-order valence-corrected chi connectivity index (χ4v) is 2.80. The van der Waals surface area contributed by atoms with E-state index >= 15 is 0 Å². The van der Waals surface area contributed by atoms with Crippen LogP contribution in [0.4, 0.5) is 20.2 Å². The number of para-hydroxylation sites is 1. The Kier molecular flexibility index (Phi) is 3.79. The van der Waals surface area contributed by atoms with E-state index in [0.29, 0.717) is 0 Å². The van der Waals surface area contributed by atoms with Crippen molar-refractivity contribution in [3.8, 4) is 0 Å². The Balaban J connectivity index is 1.70.